The molecule has 1 amide bonds. The average Bonchev–Trinajstić information content (AvgIpc) is 2.70. The molecule has 156 valence electrons. The zero-order valence-corrected chi connectivity index (χ0v) is 17.7. The van der Waals surface area contributed by atoms with Gasteiger partial charge in [-0.05, 0) is 48.0 Å². The molecule has 3 aromatic rings. The summed E-state index contributed by atoms with van der Waals surface area (Å²) in [4.78, 5) is 15.5. The predicted octanol–water partition coefficient (Wildman–Crippen LogP) is 6.65. The topological polar surface area (TPSA) is 71.5 Å². The van der Waals surface area contributed by atoms with E-state index >= 15 is 0 Å². The molecule has 0 radical (unpaired) electrons. The van der Waals surface area contributed by atoms with E-state index in [1.807, 2.05) is 0 Å². The van der Waals surface area contributed by atoms with E-state index in [1.165, 1.54) is 31.1 Å². The van der Waals surface area contributed by atoms with E-state index in [2.05, 4.69) is 10.3 Å². The fourth-order valence-electron chi connectivity index (χ4n) is 2.69. The first-order valence-electron chi connectivity index (χ1n) is 8.39. The van der Waals surface area contributed by atoms with Crippen LogP contribution in [0.3, 0.4) is 0 Å². The number of pyridine rings is 1. The number of thioether (sulfide) groups is 1. The molecule has 1 heterocycles. The van der Waals surface area contributed by atoms with Crippen molar-refractivity contribution in [2.45, 2.75) is 10.1 Å². The van der Waals surface area contributed by atoms with Gasteiger partial charge in [-0.2, -0.15) is 0 Å². The van der Waals surface area contributed by atoms with Gasteiger partial charge in [0, 0.05) is 16.7 Å². The molecule has 10 heteroatoms. The molecule has 0 fully saturated rings. The third kappa shape index (κ3) is 5.13. The Balaban J connectivity index is 2.13. The fraction of sp³-hybridized carbons (Fsp3) is 0.100. The Hall–Kier alpha value is -2.55. The van der Waals surface area contributed by atoms with E-state index in [4.69, 9.17) is 33.0 Å². The monoisotopic (exact) mass is 470 g/mol. The summed E-state index contributed by atoms with van der Waals surface area (Å²) in [5, 5.41) is 10.8. The van der Waals surface area contributed by atoms with Gasteiger partial charge < -0.3 is 9.84 Å². The van der Waals surface area contributed by atoms with Crippen molar-refractivity contribution >= 4 is 46.9 Å². The average molecular weight is 471 g/mol. The number of carboxylic acid groups (broad SMARTS) is 1. The number of halogens is 4. The van der Waals surface area contributed by atoms with Crippen molar-refractivity contribution in [2.24, 2.45) is 0 Å². The lowest BCUT2D eigenvalue weighted by molar-refractivity contribution is 0.209. The smallest absolute Gasteiger partial charge is 0.410 e. The second kappa shape index (κ2) is 9.51. The minimum absolute atomic E-state index is 0.00185. The third-order valence-electron chi connectivity index (χ3n) is 4.02. The zero-order chi connectivity index (χ0) is 21.8. The van der Waals surface area contributed by atoms with Crippen LogP contribution in [0.1, 0.15) is 16.4 Å². The zero-order valence-electron chi connectivity index (χ0n) is 15.3. The maximum atomic E-state index is 14.7. The van der Waals surface area contributed by atoms with Crippen LogP contribution < -0.4 is 10.1 Å². The Morgan fingerprint density at radius 2 is 1.90 bits per heavy atom. The largest absolute Gasteiger partial charge is 0.495 e. The van der Waals surface area contributed by atoms with Gasteiger partial charge in [-0.3, -0.25) is 5.32 Å². The van der Waals surface area contributed by atoms with Gasteiger partial charge in [0.2, 0.25) is 0 Å². The van der Waals surface area contributed by atoms with Crippen LogP contribution in [0.2, 0.25) is 10.0 Å². The van der Waals surface area contributed by atoms with Crippen LogP contribution in [-0.4, -0.2) is 23.3 Å². The molecule has 5 nitrogen and oxygen atoms in total. The molecular weight excluding hydrogens is 457 g/mol. The number of rotatable bonds is 6. The van der Waals surface area contributed by atoms with Crippen LogP contribution >= 0.6 is 35.0 Å². The van der Waals surface area contributed by atoms with Crippen LogP contribution in [-0.2, 0) is 0 Å². The highest BCUT2D eigenvalue weighted by Gasteiger charge is 2.24. The minimum Gasteiger partial charge on any atom is -0.495 e. The van der Waals surface area contributed by atoms with Crippen molar-refractivity contribution in [3.05, 3.63) is 81.5 Å². The summed E-state index contributed by atoms with van der Waals surface area (Å²) < 4.78 is 33.8. The normalized spacial score (nSPS) is 11.8. The fourth-order valence-corrected chi connectivity index (χ4v) is 4.39. The lowest BCUT2D eigenvalue weighted by Crippen LogP contribution is -2.10. The van der Waals surface area contributed by atoms with E-state index in [0.717, 1.165) is 18.2 Å². The van der Waals surface area contributed by atoms with Gasteiger partial charge >= 0.3 is 6.09 Å². The predicted molar refractivity (Wildman–Crippen MR) is 113 cm³/mol. The molecule has 1 aromatic heterocycles. The van der Waals surface area contributed by atoms with Crippen LogP contribution in [0.25, 0.3) is 0 Å². The van der Waals surface area contributed by atoms with Crippen LogP contribution in [0.5, 0.6) is 5.75 Å². The highest BCUT2D eigenvalue weighted by atomic mass is 35.5. The Kier molecular flexibility index (Phi) is 7.02. The summed E-state index contributed by atoms with van der Waals surface area (Å²) in [5.41, 5.74) is 0.377. The molecule has 0 bridgehead atoms. The number of hydrogen-bond donors (Lipinski definition) is 2. The van der Waals surface area contributed by atoms with Crippen LogP contribution in [0, 0.1) is 11.6 Å². The van der Waals surface area contributed by atoms with E-state index in [0.29, 0.717) is 21.2 Å². The van der Waals surface area contributed by atoms with E-state index in [1.54, 1.807) is 18.2 Å². The summed E-state index contributed by atoms with van der Waals surface area (Å²) in [5.74, 6) is -0.859. The number of nitrogens with zero attached hydrogens (tertiary/aromatic N) is 1. The molecule has 0 aliphatic heterocycles. The third-order valence-corrected chi connectivity index (χ3v) is 5.92. The van der Waals surface area contributed by atoms with Gasteiger partial charge in [0.1, 0.15) is 23.2 Å². The first-order chi connectivity index (χ1) is 14.3. The molecule has 2 N–H and O–H groups in total. The van der Waals surface area contributed by atoms with Gasteiger partial charge in [-0.1, -0.05) is 23.2 Å². The summed E-state index contributed by atoms with van der Waals surface area (Å²) in [6.07, 6.45) is -0.0746. The molecule has 1 unspecified atom stereocenters. The summed E-state index contributed by atoms with van der Waals surface area (Å²) in [6.45, 7) is 0. The van der Waals surface area contributed by atoms with Gasteiger partial charge in [0.25, 0.3) is 0 Å². The maximum absolute atomic E-state index is 14.7. The number of hydrogen-bond acceptors (Lipinski definition) is 4. The molecule has 0 aliphatic carbocycles. The van der Waals surface area contributed by atoms with Gasteiger partial charge in [-0.15, -0.1) is 11.8 Å². The van der Waals surface area contributed by atoms with E-state index in [-0.39, 0.29) is 16.4 Å². The molecule has 0 aliphatic rings. The van der Waals surface area contributed by atoms with Crippen LogP contribution in [0.15, 0.2) is 53.6 Å². The molecule has 1 atom stereocenters. The molecule has 0 saturated carbocycles. The van der Waals surface area contributed by atoms with Gasteiger partial charge in [0.15, 0.2) is 0 Å². The van der Waals surface area contributed by atoms with E-state index in [9.17, 15) is 13.6 Å². The SMILES string of the molecule is COc1cc(SC(c2cc(F)ccc2F)c2cc(NC(=O)O)ncc2Cl)ccc1Cl. The number of carbonyl (C=O) groups is 1. The van der Waals surface area contributed by atoms with E-state index < -0.39 is 23.0 Å². The lowest BCUT2D eigenvalue weighted by atomic mass is 10.0. The Labute approximate surface area is 185 Å². The number of benzene rings is 2. The molecule has 0 saturated heterocycles. The second-order valence-electron chi connectivity index (χ2n) is 5.98. The highest BCUT2D eigenvalue weighted by Crippen LogP contribution is 2.45. The summed E-state index contributed by atoms with van der Waals surface area (Å²) >= 11 is 13.5. The first-order valence-corrected chi connectivity index (χ1v) is 10.0. The number of anilines is 1. The number of aromatic nitrogens is 1. The lowest BCUT2D eigenvalue weighted by Gasteiger charge is -2.20. The van der Waals surface area contributed by atoms with Crippen molar-refractivity contribution in [3.63, 3.8) is 0 Å². The van der Waals surface area contributed by atoms with Crippen molar-refractivity contribution < 1.29 is 23.4 Å². The standard InChI is InChI=1S/C20H14Cl2F2N2O3S/c1-29-17-7-11(3-4-14(17)21)30-19(13-6-10(23)2-5-16(13)24)12-8-18(26-20(27)28)25-9-15(12)22/h2-9,19H,1H3,(H,25,26)(H,27,28). The summed E-state index contributed by atoms with van der Waals surface area (Å²) in [7, 11) is 1.46. The second-order valence-corrected chi connectivity index (χ2v) is 7.97. The maximum Gasteiger partial charge on any atom is 0.410 e. The number of methoxy groups -OCH3 is 1. The van der Waals surface area contributed by atoms with Crippen LogP contribution in [0.4, 0.5) is 19.4 Å². The van der Waals surface area contributed by atoms with Crippen molar-refractivity contribution in [1.29, 1.82) is 0 Å². The number of ether oxygens (including phenoxy) is 1. The van der Waals surface area contributed by atoms with Crippen molar-refractivity contribution in [2.75, 3.05) is 12.4 Å². The number of amides is 1. The quantitative estimate of drug-likeness (QED) is 0.394. The molecule has 30 heavy (non-hydrogen) atoms. The minimum atomic E-state index is -1.32. The highest BCUT2D eigenvalue weighted by molar-refractivity contribution is 7.99. The molecule has 3 rings (SSSR count). The summed E-state index contributed by atoms with van der Waals surface area (Å²) in [6, 6.07) is 9.46. The van der Waals surface area contributed by atoms with Gasteiger partial charge in [0.05, 0.1) is 22.4 Å². The Morgan fingerprint density at radius 3 is 2.60 bits per heavy atom. The first kappa shape index (κ1) is 22.1. The Bertz CT molecular complexity index is 1100. The molecular formula is C20H14Cl2F2N2O3S. The van der Waals surface area contributed by atoms with Gasteiger partial charge in [-0.25, -0.2) is 18.6 Å². The van der Waals surface area contributed by atoms with Crippen molar-refractivity contribution in [1.82, 2.24) is 4.98 Å². The number of nitrogens with one attached hydrogen (secondary N) is 1. The van der Waals surface area contributed by atoms with Crippen molar-refractivity contribution in [3.8, 4) is 5.75 Å². The molecule has 0 spiro atoms. The Morgan fingerprint density at radius 1 is 1.13 bits per heavy atom. The molecule has 2 aromatic carbocycles.